The van der Waals surface area contributed by atoms with Crippen LogP contribution in [0.15, 0.2) is 59.5 Å². The number of carbonyl (C=O) groups excluding carboxylic acids is 1. The first kappa shape index (κ1) is 18.8. The normalized spacial score (nSPS) is 10.4. The van der Waals surface area contributed by atoms with E-state index in [0.717, 1.165) is 4.47 Å². The van der Waals surface area contributed by atoms with Crippen LogP contribution in [0, 0.1) is 5.82 Å². The highest BCUT2D eigenvalue weighted by atomic mass is 79.9. The predicted molar refractivity (Wildman–Crippen MR) is 101 cm³/mol. The van der Waals surface area contributed by atoms with E-state index in [1.807, 2.05) is 0 Å². The zero-order valence-electron chi connectivity index (χ0n) is 14.1. The average Bonchev–Trinajstić information content (AvgIpc) is 2.66. The fraction of sp³-hybridized carbons (Fsp3) is 0.105. The third-order valence-electron chi connectivity index (χ3n) is 3.56. The molecule has 0 fully saturated rings. The Morgan fingerprint density at radius 1 is 1.07 bits per heavy atom. The Balaban J connectivity index is 1.74. The molecule has 2 aromatic heterocycles. The third kappa shape index (κ3) is 5.01. The lowest BCUT2D eigenvalue weighted by atomic mass is 10.0. The minimum absolute atomic E-state index is 0.0955. The molecule has 0 bridgehead atoms. The number of amides is 1. The molecule has 0 saturated heterocycles. The summed E-state index contributed by atoms with van der Waals surface area (Å²) < 4.78 is 25.3. The first-order valence-electron chi connectivity index (χ1n) is 7.95. The summed E-state index contributed by atoms with van der Waals surface area (Å²) in [5, 5.41) is 0. The van der Waals surface area contributed by atoms with Crippen LogP contribution in [-0.2, 0) is 0 Å². The Labute approximate surface area is 163 Å². The van der Waals surface area contributed by atoms with Gasteiger partial charge in [-0.25, -0.2) is 9.37 Å². The van der Waals surface area contributed by atoms with Crippen molar-refractivity contribution in [1.82, 2.24) is 9.97 Å². The smallest absolute Gasteiger partial charge is 0.267 e. The average molecular weight is 432 g/mol. The molecule has 3 aromatic rings. The Kier molecular flexibility index (Phi) is 5.97. The molecule has 138 valence electrons. The van der Waals surface area contributed by atoms with Gasteiger partial charge in [0, 0.05) is 16.2 Å². The molecule has 0 aliphatic heterocycles. The van der Waals surface area contributed by atoms with Gasteiger partial charge in [0.25, 0.3) is 5.91 Å². The van der Waals surface area contributed by atoms with E-state index in [1.54, 1.807) is 30.6 Å². The first-order chi connectivity index (χ1) is 13.0. The van der Waals surface area contributed by atoms with E-state index in [1.165, 1.54) is 24.4 Å². The molecule has 0 radical (unpaired) electrons. The summed E-state index contributed by atoms with van der Waals surface area (Å²) in [6.45, 7) is 0.511. The fourth-order valence-corrected chi connectivity index (χ4v) is 2.67. The zero-order chi connectivity index (χ0) is 19.2. The maximum absolute atomic E-state index is 13.2. The van der Waals surface area contributed by atoms with Crippen LogP contribution in [-0.4, -0.2) is 29.1 Å². The van der Waals surface area contributed by atoms with Crippen molar-refractivity contribution < 1.29 is 18.7 Å². The van der Waals surface area contributed by atoms with Gasteiger partial charge in [0.1, 0.15) is 36.2 Å². The number of carbonyl (C=O) groups is 1. The van der Waals surface area contributed by atoms with E-state index in [0.29, 0.717) is 22.6 Å². The fourth-order valence-electron chi connectivity index (χ4n) is 2.33. The van der Waals surface area contributed by atoms with Gasteiger partial charge in [0.05, 0.1) is 12.4 Å². The number of benzene rings is 1. The number of halogens is 2. The number of nitrogens with two attached hydrogens (primary N) is 1. The summed E-state index contributed by atoms with van der Waals surface area (Å²) >= 11 is 3.32. The molecule has 0 aliphatic rings. The lowest BCUT2D eigenvalue weighted by Crippen LogP contribution is -2.14. The molecule has 0 aliphatic carbocycles. The summed E-state index contributed by atoms with van der Waals surface area (Å²) in [5.74, 6) is 0.0216. The quantitative estimate of drug-likeness (QED) is 0.577. The van der Waals surface area contributed by atoms with E-state index >= 15 is 0 Å². The van der Waals surface area contributed by atoms with Crippen LogP contribution in [0.2, 0.25) is 0 Å². The summed E-state index contributed by atoms with van der Waals surface area (Å²) in [4.78, 5) is 19.4. The summed E-state index contributed by atoms with van der Waals surface area (Å²) in [6, 6.07) is 9.14. The summed E-state index contributed by atoms with van der Waals surface area (Å²) in [6.07, 6.45) is 4.67. The van der Waals surface area contributed by atoms with Crippen LogP contribution < -0.4 is 15.2 Å². The van der Waals surface area contributed by atoms with E-state index in [9.17, 15) is 9.18 Å². The Bertz CT molecular complexity index is 951. The van der Waals surface area contributed by atoms with Crippen LogP contribution >= 0.6 is 15.9 Å². The molecule has 3 rings (SSSR count). The van der Waals surface area contributed by atoms with Crippen molar-refractivity contribution in [2.24, 2.45) is 5.73 Å². The van der Waals surface area contributed by atoms with Crippen molar-refractivity contribution in [2.75, 3.05) is 13.2 Å². The van der Waals surface area contributed by atoms with Gasteiger partial charge >= 0.3 is 0 Å². The van der Waals surface area contributed by atoms with E-state index in [4.69, 9.17) is 15.2 Å². The first-order valence-corrected chi connectivity index (χ1v) is 8.74. The van der Waals surface area contributed by atoms with Gasteiger partial charge in [0.2, 0.25) is 0 Å². The van der Waals surface area contributed by atoms with E-state index in [-0.39, 0.29) is 24.7 Å². The zero-order valence-corrected chi connectivity index (χ0v) is 15.6. The molecule has 1 amide bonds. The Morgan fingerprint density at radius 3 is 2.52 bits per heavy atom. The molecule has 2 heterocycles. The second kappa shape index (κ2) is 8.59. The van der Waals surface area contributed by atoms with Crippen molar-refractivity contribution in [3.63, 3.8) is 0 Å². The van der Waals surface area contributed by atoms with Gasteiger partial charge < -0.3 is 15.2 Å². The molecule has 6 nitrogen and oxygen atoms in total. The van der Waals surface area contributed by atoms with Crippen molar-refractivity contribution in [2.45, 2.75) is 0 Å². The molecule has 0 saturated carbocycles. The highest BCUT2D eigenvalue weighted by Gasteiger charge is 2.12. The molecule has 2 N–H and O–H groups in total. The standard InChI is InChI=1S/C19H15BrFN3O3/c20-13-7-15(10-23-9-13)26-5-6-27-18-11-24-17(19(22)25)8-16(18)12-1-3-14(21)4-2-12/h1-4,7-11H,5-6H2,(H2,22,25). The number of nitrogens with zero attached hydrogens (tertiary/aromatic N) is 2. The van der Waals surface area contributed by atoms with Gasteiger partial charge in [-0.2, -0.15) is 0 Å². The number of rotatable bonds is 7. The molecule has 0 unspecified atom stereocenters. The number of primary amides is 1. The topological polar surface area (TPSA) is 87.3 Å². The molecule has 1 aromatic carbocycles. The lowest BCUT2D eigenvalue weighted by Gasteiger charge is -2.13. The molecular weight excluding hydrogens is 417 g/mol. The van der Waals surface area contributed by atoms with Crippen LogP contribution in [0.5, 0.6) is 11.5 Å². The second-order valence-electron chi connectivity index (χ2n) is 5.47. The number of aromatic nitrogens is 2. The van der Waals surface area contributed by atoms with Crippen LogP contribution in [0.1, 0.15) is 10.5 Å². The molecule has 27 heavy (non-hydrogen) atoms. The SMILES string of the molecule is NC(=O)c1cc(-c2ccc(F)cc2)c(OCCOc2cncc(Br)c2)cn1. The van der Waals surface area contributed by atoms with E-state index in [2.05, 4.69) is 25.9 Å². The number of hydrogen-bond donors (Lipinski definition) is 1. The second-order valence-corrected chi connectivity index (χ2v) is 6.39. The van der Waals surface area contributed by atoms with Crippen molar-refractivity contribution in [3.8, 4) is 22.6 Å². The van der Waals surface area contributed by atoms with Crippen LogP contribution in [0.3, 0.4) is 0 Å². The molecule has 0 atom stereocenters. The van der Waals surface area contributed by atoms with Gasteiger partial charge in [-0.15, -0.1) is 0 Å². The number of ether oxygens (including phenoxy) is 2. The maximum Gasteiger partial charge on any atom is 0.267 e. The minimum atomic E-state index is -0.657. The minimum Gasteiger partial charge on any atom is -0.488 e. The van der Waals surface area contributed by atoms with Gasteiger partial charge in [-0.3, -0.25) is 9.78 Å². The number of pyridine rings is 2. The molecular formula is C19H15BrFN3O3. The van der Waals surface area contributed by atoms with E-state index < -0.39 is 5.91 Å². The summed E-state index contributed by atoms with van der Waals surface area (Å²) in [7, 11) is 0. The largest absolute Gasteiger partial charge is 0.488 e. The lowest BCUT2D eigenvalue weighted by molar-refractivity contribution is 0.0995. The Morgan fingerprint density at radius 2 is 1.81 bits per heavy atom. The third-order valence-corrected chi connectivity index (χ3v) is 4.00. The molecule has 8 heteroatoms. The van der Waals surface area contributed by atoms with Crippen molar-refractivity contribution in [1.29, 1.82) is 0 Å². The Hall–Kier alpha value is -3.00. The monoisotopic (exact) mass is 431 g/mol. The van der Waals surface area contributed by atoms with Crippen LogP contribution in [0.4, 0.5) is 4.39 Å². The molecule has 0 spiro atoms. The van der Waals surface area contributed by atoms with Crippen molar-refractivity contribution >= 4 is 21.8 Å². The predicted octanol–water partition coefficient (Wildman–Crippen LogP) is 3.60. The van der Waals surface area contributed by atoms with Gasteiger partial charge in [0.15, 0.2) is 0 Å². The maximum atomic E-state index is 13.2. The van der Waals surface area contributed by atoms with Gasteiger partial charge in [-0.1, -0.05) is 12.1 Å². The number of hydrogen-bond acceptors (Lipinski definition) is 5. The highest BCUT2D eigenvalue weighted by molar-refractivity contribution is 9.10. The van der Waals surface area contributed by atoms with Crippen LogP contribution in [0.25, 0.3) is 11.1 Å². The summed E-state index contributed by atoms with van der Waals surface area (Å²) in [5.41, 5.74) is 6.66. The highest BCUT2D eigenvalue weighted by Crippen LogP contribution is 2.30. The van der Waals surface area contributed by atoms with Gasteiger partial charge in [-0.05, 0) is 45.8 Å². The van der Waals surface area contributed by atoms with Crippen molar-refractivity contribution in [3.05, 3.63) is 71.0 Å².